The summed E-state index contributed by atoms with van der Waals surface area (Å²) in [7, 11) is 0. The molecular formula is C28H21N3. The highest BCUT2D eigenvalue weighted by Gasteiger charge is 2.12. The van der Waals surface area contributed by atoms with Crippen LogP contribution in [-0.4, -0.2) is 15.0 Å². The van der Waals surface area contributed by atoms with Crippen molar-refractivity contribution in [1.82, 2.24) is 15.0 Å². The molecule has 1 N–H and O–H groups in total. The third-order valence-corrected chi connectivity index (χ3v) is 5.14. The molecule has 0 fully saturated rings. The summed E-state index contributed by atoms with van der Waals surface area (Å²) in [6.45, 7) is 0. The molecule has 0 saturated carbocycles. The molecule has 0 unspecified atom stereocenters. The third kappa shape index (κ3) is 4.21. The lowest BCUT2D eigenvalue weighted by Gasteiger charge is -2.06. The van der Waals surface area contributed by atoms with Gasteiger partial charge in [-0.15, -0.1) is 0 Å². The Morgan fingerprint density at radius 1 is 0.645 bits per heavy atom. The second kappa shape index (κ2) is 8.64. The van der Waals surface area contributed by atoms with Crippen LogP contribution in [0.25, 0.3) is 46.5 Å². The number of H-pyrrole nitrogens is 1. The number of benzene rings is 3. The smallest absolute Gasteiger partial charge is 0.0980 e. The van der Waals surface area contributed by atoms with Crippen LogP contribution >= 0.6 is 0 Å². The molecule has 2 aromatic heterocycles. The molecule has 3 heteroatoms. The first-order chi connectivity index (χ1) is 15.4. The number of aromatic nitrogens is 3. The first-order valence-electron chi connectivity index (χ1n) is 10.3. The molecule has 31 heavy (non-hydrogen) atoms. The molecule has 0 atom stereocenters. The zero-order chi connectivity index (χ0) is 20.9. The first kappa shape index (κ1) is 18.8. The SMILES string of the molecule is C(=C\c1cnc(-c2c[nH]c3ccccc23)c(/C=C/c2ccccc2)n1)/c1ccccc1. The van der Waals surface area contributed by atoms with Gasteiger partial charge in [0.05, 0.1) is 23.3 Å². The maximum atomic E-state index is 4.92. The number of nitrogens with zero attached hydrogens (tertiary/aromatic N) is 2. The average Bonchev–Trinajstić information content (AvgIpc) is 3.27. The molecule has 0 aliphatic carbocycles. The van der Waals surface area contributed by atoms with Crippen LogP contribution in [0.2, 0.25) is 0 Å². The number of aromatic amines is 1. The largest absolute Gasteiger partial charge is 0.360 e. The van der Waals surface area contributed by atoms with E-state index in [9.17, 15) is 0 Å². The standard InChI is InChI=1S/C28H21N3/c1-3-9-21(10-4-1)15-17-23-19-30-28(25-20-29-26-14-8-7-13-24(25)26)27(31-23)18-16-22-11-5-2-6-12-22/h1-20,29H/b17-15+,18-16+. The Hall–Kier alpha value is -4.24. The van der Waals surface area contributed by atoms with E-state index in [-0.39, 0.29) is 0 Å². The van der Waals surface area contributed by atoms with Crippen LogP contribution in [0, 0.1) is 0 Å². The van der Waals surface area contributed by atoms with E-state index in [1.54, 1.807) is 0 Å². The first-order valence-corrected chi connectivity index (χ1v) is 10.3. The summed E-state index contributed by atoms with van der Waals surface area (Å²) in [6, 6.07) is 28.7. The lowest BCUT2D eigenvalue weighted by atomic mass is 10.1. The highest BCUT2D eigenvalue weighted by molar-refractivity contribution is 5.96. The summed E-state index contributed by atoms with van der Waals surface area (Å²) >= 11 is 0. The number of fused-ring (bicyclic) bond motifs is 1. The Morgan fingerprint density at radius 3 is 2.03 bits per heavy atom. The molecule has 0 saturated heterocycles. The summed E-state index contributed by atoms with van der Waals surface area (Å²) < 4.78 is 0. The summed E-state index contributed by atoms with van der Waals surface area (Å²) in [5.74, 6) is 0. The van der Waals surface area contributed by atoms with E-state index >= 15 is 0 Å². The molecule has 0 radical (unpaired) electrons. The van der Waals surface area contributed by atoms with Crippen molar-refractivity contribution in [3.05, 3.63) is 120 Å². The van der Waals surface area contributed by atoms with Crippen molar-refractivity contribution in [2.45, 2.75) is 0 Å². The molecule has 0 aliphatic rings. The van der Waals surface area contributed by atoms with Crippen LogP contribution in [0.5, 0.6) is 0 Å². The van der Waals surface area contributed by atoms with Gasteiger partial charge < -0.3 is 4.98 Å². The van der Waals surface area contributed by atoms with Gasteiger partial charge in [-0.25, -0.2) is 4.98 Å². The number of para-hydroxylation sites is 1. The van der Waals surface area contributed by atoms with Crippen molar-refractivity contribution in [3.8, 4) is 11.3 Å². The molecule has 148 valence electrons. The Morgan fingerprint density at radius 2 is 1.29 bits per heavy atom. The van der Waals surface area contributed by atoms with E-state index in [0.717, 1.165) is 44.7 Å². The Bertz CT molecular complexity index is 1360. The van der Waals surface area contributed by atoms with E-state index in [4.69, 9.17) is 9.97 Å². The molecular weight excluding hydrogens is 378 g/mol. The summed E-state index contributed by atoms with van der Waals surface area (Å²) in [5.41, 5.74) is 6.91. The molecule has 0 bridgehead atoms. The van der Waals surface area contributed by atoms with Gasteiger partial charge in [-0.2, -0.15) is 0 Å². The minimum Gasteiger partial charge on any atom is -0.360 e. The van der Waals surface area contributed by atoms with Crippen molar-refractivity contribution in [2.75, 3.05) is 0 Å². The second-order valence-corrected chi connectivity index (χ2v) is 7.26. The lowest BCUT2D eigenvalue weighted by Crippen LogP contribution is -1.94. The fraction of sp³-hybridized carbons (Fsp3) is 0. The fourth-order valence-corrected chi connectivity index (χ4v) is 3.57. The van der Waals surface area contributed by atoms with E-state index in [1.807, 2.05) is 73.1 Å². The van der Waals surface area contributed by atoms with E-state index < -0.39 is 0 Å². The molecule has 3 aromatic carbocycles. The maximum Gasteiger partial charge on any atom is 0.0980 e. The molecule has 2 heterocycles. The van der Waals surface area contributed by atoms with Gasteiger partial charge in [0.25, 0.3) is 0 Å². The quantitative estimate of drug-likeness (QED) is 0.347. The second-order valence-electron chi connectivity index (χ2n) is 7.26. The molecule has 5 rings (SSSR count). The monoisotopic (exact) mass is 399 g/mol. The van der Waals surface area contributed by atoms with Gasteiger partial charge in [-0.3, -0.25) is 4.98 Å². The molecule has 0 spiro atoms. The van der Waals surface area contributed by atoms with Crippen molar-refractivity contribution < 1.29 is 0 Å². The van der Waals surface area contributed by atoms with Gasteiger partial charge in [0.2, 0.25) is 0 Å². The van der Waals surface area contributed by atoms with Gasteiger partial charge in [0, 0.05) is 22.7 Å². The number of hydrogen-bond acceptors (Lipinski definition) is 2. The van der Waals surface area contributed by atoms with Gasteiger partial charge in [0.1, 0.15) is 0 Å². The predicted octanol–water partition coefficient (Wildman–Crippen LogP) is 6.97. The zero-order valence-electron chi connectivity index (χ0n) is 16.9. The van der Waals surface area contributed by atoms with Gasteiger partial charge in [-0.1, -0.05) is 91.0 Å². The van der Waals surface area contributed by atoms with Crippen LogP contribution in [0.15, 0.2) is 97.3 Å². The fourth-order valence-electron chi connectivity index (χ4n) is 3.57. The number of nitrogens with one attached hydrogen (secondary N) is 1. The normalized spacial score (nSPS) is 11.6. The summed E-state index contributed by atoms with van der Waals surface area (Å²) in [5, 5.41) is 1.14. The molecule has 0 aliphatic heterocycles. The lowest BCUT2D eigenvalue weighted by molar-refractivity contribution is 1.17. The minimum absolute atomic E-state index is 0.820. The molecule has 5 aromatic rings. The van der Waals surface area contributed by atoms with Gasteiger partial charge in [-0.05, 0) is 29.3 Å². The highest BCUT2D eigenvalue weighted by Crippen LogP contribution is 2.30. The minimum atomic E-state index is 0.820. The van der Waals surface area contributed by atoms with E-state index in [2.05, 4.69) is 53.5 Å². The Labute approximate surface area is 181 Å². The molecule has 3 nitrogen and oxygen atoms in total. The van der Waals surface area contributed by atoms with E-state index in [0.29, 0.717) is 0 Å². The Kier molecular flexibility index (Phi) is 5.23. The van der Waals surface area contributed by atoms with Crippen LogP contribution in [0.3, 0.4) is 0 Å². The van der Waals surface area contributed by atoms with Gasteiger partial charge in [0.15, 0.2) is 0 Å². The van der Waals surface area contributed by atoms with Crippen molar-refractivity contribution >= 4 is 35.2 Å². The van der Waals surface area contributed by atoms with Crippen molar-refractivity contribution in [3.63, 3.8) is 0 Å². The van der Waals surface area contributed by atoms with Crippen molar-refractivity contribution in [1.29, 1.82) is 0 Å². The van der Waals surface area contributed by atoms with Crippen LogP contribution < -0.4 is 0 Å². The van der Waals surface area contributed by atoms with Crippen LogP contribution in [-0.2, 0) is 0 Å². The van der Waals surface area contributed by atoms with Crippen LogP contribution in [0.1, 0.15) is 22.5 Å². The number of rotatable bonds is 5. The average molecular weight is 399 g/mol. The summed E-state index contributed by atoms with van der Waals surface area (Å²) in [6.07, 6.45) is 12.0. The predicted molar refractivity (Wildman–Crippen MR) is 130 cm³/mol. The zero-order valence-corrected chi connectivity index (χ0v) is 16.9. The molecule has 0 amide bonds. The number of hydrogen-bond donors (Lipinski definition) is 1. The van der Waals surface area contributed by atoms with Crippen LogP contribution in [0.4, 0.5) is 0 Å². The summed E-state index contributed by atoms with van der Waals surface area (Å²) in [4.78, 5) is 13.1. The van der Waals surface area contributed by atoms with Gasteiger partial charge >= 0.3 is 0 Å². The third-order valence-electron chi connectivity index (χ3n) is 5.14. The highest BCUT2D eigenvalue weighted by atomic mass is 14.8. The maximum absolute atomic E-state index is 4.92. The topological polar surface area (TPSA) is 41.6 Å². The van der Waals surface area contributed by atoms with E-state index in [1.165, 1.54) is 0 Å². The van der Waals surface area contributed by atoms with Crippen molar-refractivity contribution in [2.24, 2.45) is 0 Å². The Balaban J connectivity index is 1.58.